The first-order chi connectivity index (χ1) is 13.2. The smallest absolute Gasteiger partial charge is 0.269 e. The van der Waals surface area contributed by atoms with Gasteiger partial charge >= 0.3 is 0 Å². The number of nitro groups is 1. The van der Waals surface area contributed by atoms with Gasteiger partial charge in [-0.2, -0.15) is 0 Å². The SMILES string of the molecule is O=[N+]([O-])c1ccc(Cn2c(-c3ccccc3)ccc2-c2ccccc2)cc1. The molecule has 0 saturated heterocycles. The van der Waals surface area contributed by atoms with E-state index in [0.29, 0.717) is 6.54 Å². The molecule has 1 aromatic heterocycles. The molecule has 0 atom stereocenters. The van der Waals surface area contributed by atoms with Crippen LogP contribution in [0.15, 0.2) is 97.1 Å². The van der Waals surface area contributed by atoms with E-state index in [1.807, 2.05) is 48.5 Å². The Morgan fingerprint density at radius 1 is 0.667 bits per heavy atom. The number of benzene rings is 3. The maximum atomic E-state index is 10.9. The summed E-state index contributed by atoms with van der Waals surface area (Å²) in [6.07, 6.45) is 0. The molecule has 0 amide bonds. The van der Waals surface area contributed by atoms with Crippen molar-refractivity contribution in [3.8, 4) is 22.5 Å². The largest absolute Gasteiger partial charge is 0.336 e. The molecule has 4 nitrogen and oxygen atoms in total. The van der Waals surface area contributed by atoms with E-state index in [9.17, 15) is 10.1 Å². The van der Waals surface area contributed by atoms with Crippen molar-refractivity contribution in [1.29, 1.82) is 0 Å². The Morgan fingerprint density at radius 2 is 1.15 bits per heavy atom. The van der Waals surface area contributed by atoms with Crippen molar-refractivity contribution in [1.82, 2.24) is 4.57 Å². The molecule has 4 heteroatoms. The zero-order valence-electron chi connectivity index (χ0n) is 14.7. The highest BCUT2D eigenvalue weighted by molar-refractivity contribution is 5.70. The van der Waals surface area contributed by atoms with Gasteiger partial charge in [0.25, 0.3) is 5.69 Å². The highest BCUT2D eigenvalue weighted by Gasteiger charge is 2.13. The molecule has 0 aliphatic heterocycles. The summed E-state index contributed by atoms with van der Waals surface area (Å²) in [5.41, 5.74) is 5.65. The van der Waals surface area contributed by atoms with Gasteiger partial charge < -0.3 is 4.57 Å². The summed E-state index contributed by atoms with van der Waals surface area (Å²) in [6.45, 7) is 0.638. The summed E-state index contributed by atoms with van der Waals surface area (Å²) < 4.78 is 2.26. The Hall–Kier alpha value is -3.66. The summed E-state index contributed by atoms with van der Waals surface area (Å²) in [6, 6.07) is 31.5. The molecule has 0 fully saturated rings. The second-order valence-corrected chi connectivity index (χ2v) is 6.35. The van der Waals surface area contributed by atoms with Gasteiger partial charge in [0.2, 0.25) is 0 Å². The van der Waals surface area contributed by atoms with Crippen molar-refractivity contribution in [3.05, 3.63) is 113 Å². The van der Waals surface area contributed by atoms with E-state index >= 15 is 0 Å². The predicted octanol–water partition coefficient (Wildman–Crippen LogP) is 5.78. The lowest BCUT2D eigenvalue weighted by Crippen LogP contribution is -2.04. The summed E-state index contributed by atoms with van der Waals surface area (Å²) >= 11 is 0. The summed E-state index contributed by atoms with van der Waals surface area (Å²) in [4.78, 5) is 10.5. The van der Waals surface area contributed by atoms with Gasteiger partial charge in [-0.15, -0.1) is 0 Å². The van der Waals surface area contributed by atoms with E-state index in [2.05, 4.69) is 41.0 Å². The van der Waals surface area contributed by atoms with Crippen LogP contribution in [0.25, 0.3) is 22.5 Å². The first kappa shape index (κ1) is 16.8. The van der Waals surface area contributed by atoms with E-state index < -0.39 is 0 Å². The van der Waals surface area contributed by atoms with E-state index in [1.54, 1.807) is 12.1 Å². The first-order valence-corrected chi connectivity index (χ1v) is 8.76. The molecular formula is C23H18N2O2. The quantitative estimate of drug-likeness (QED) is 0.337. The number of hydrogen-bond donors (Lipinski definition) is 0. The molecule has 4 rings (SSSR count). The van der Waals surface area contributed by atoms with Crippen LogP contribution in [-0.4, -0.2) is 9.49 Å². The van der Waals surface area contributed by atoms with Crippen LogP contribution in [0.5, 0.6) is 0 Å². The molecule has 0 unspecified atom stereocenters. The summed E-state index contributed by atoms with van der Waals surface area (Å²) in [7, 11) is 0. The second-order valence-electron chi connectivity index (χ2n) is 6.35. The normalized spacial score (nSPS) is 10.7. The second kappa shape index (κ2) is 7.30. The lowest BCUT2D eigenvalue weighted by Gasteiger charge is -2.14. The molecule has 132 valence electrons. The lowest BCUT2D eigenvalue weighted by molar-refractivity contribution is -0.384. The van der Waals surface area contributed by atoms with Gasteiger partial charge in [0.05, 0.1) is 4.92 Å². The van der Waals surface area contributed by atoms with Crippen LogP contribution in [0.3, 0.4) is 0 Å². The molecule has 27 heavy (non-hydrogen) atoms. The average molecular weight is 354 g/mol. The number of rotatable bonds is 5. The first-order valence-electron chi connectivity index (χ1n) is 8.76. The lowest BCUT2D eigenvalue weighted by atomic mass is 10.1. The van der Waals surface area contributed by atoms with Gasteiger partial charge in [0, 0.05) is 30.1 Å². The van der Waals surface area contributed by atoms with Crippen molar-refractivity contribution in [2.45, 2.75) is 6.54 Å². The van der Waals surface area contributed by atoms with Crippen LogP contribution >= 0.6 is 0 Å². The van der Waals surface area contributed by atoms with E-state index in [0.717, 1.165) is 28.1 Å². The Morgan fingerprint density at radius 3 is 1.59 bits per heavy atom. The maximum absolute atomic E-state index is 10.9. The molecule has 0 saturated carbocycles. The van der Waals surface area contributed by atoms with Crippen molar-refractivity contribution < 1.29 is 4.92 Å². The molecule has 3 aromatic carbocycles. The number of non-ortho nitro benzene ring substituents is 1. The average Bonchev–Trinajstić information content (AvgIpc) is 3.13. The summed E-state index contributed by atoms with van der Waals surface area (Å²) in [5.74, 6) is 0. The van der Waals surface area contributed by atoms with Crippen LogP contribution in [0.2, 0.25) is 0 Å². The van der Waals surface area contributed by atoms with Crippen LogP contribution in [-0.2, 0) is 6.54 Å². The molecule has 0 aliphatic rings. The predicted molar refractivity (Wildman–Crippen MR) is 108 cm³/mol. The Balaban J connectivity index is 1.79. The van der Waals surface area contributed by atoms with Gasteiger partial charge in [0.1, 0.15) is 0 Å². The zero-order valence-corrected chi connectivity index (χ0v) is 14.7. The molecule has 0 bridgehead atoms. The van der Waals surface area contributed by atoms with Gasteiger partial charge in [-0.25, -0.2) is 0 Å². The zero-order chi connectivity index (χ0) is 18.6. The van der Waals surface area contributed by atoms with E-state index in [4.69, 9.17) is 0 Å². The van der Waals surface area contributed by atoms with Gasteiger partial charge in [0.15, 0.2) is 0 Å². The third-order valence-corrected chi connectivity index (χ3v) is 4.61. The number of hydrogen-bond acceptors (Lipinski definition) is 2. The fourth-order valence-electron chi connectivity index (χ4n) is 3.27. The molecule has 1 heterocycles. The van der Waals surface area contributed by atoms with Crippen molar-refractivity contribution in [3.63, 3.8) is 0 Å². The van der Waals surface area contributed by atoms with Crippen LogP contribution < -0.4 is 0 Å². The van der Waals surface area contributed by atoms with Crippen LogP contribution in [0.4, 0.5) is 5.69 Å². The van der Waals surface area contributed by atoms with E-state index in [-0.39, 0.29) is 10.6 Å². The number of nitro benzene ring substituents is 1. The number of nitrogens with zero attached hydrogens (tertiary/aromatic N) is 2. The molecule has 4 aromatic rings. The topological polar surface area (TPSA) is 48.1 Å². The molecule has 0 aliphatic carbocycles. The highest BCUT2D eigenvalue weighted by atomic mass is 16.6. The minimum absolute atomic E-state index is 0.109. The maximum Gasteiger partial charge on any atom is 0.269 e. The monoisotopic (exact) mass is 354 g/mol. The van der Waals surface area contributed by atoms with Crippen LogP contribution in [0.1, 0.15) is 5.56 Å². The molecular weight excluding hydrogens is 336 g/mol. The van der Waals surface area contributed by atoms with Gasteiger partial charge in [-0.1, -0.05) is 72.8 Å². The Kier molecular flexibility index (Phi) is 4.54. The van der Waals surface area contributed by atoms with Crippen LogP contribution in [0, 0.1) is 10.1 Å². The Bertz CT molecular complexity index is 996. The minimum Gasteiger partial charge on any atom is -0.336 e. The van der Waals surface area contributed by atoms with E-state index in [1.165, 1.54) is 0 Å². The van der Waals surface area contributed by atoms with Crippen molar-refractivity contribution >= 4 is 5.69 Å². The van der Waals surface area contributed by atoms with Crippen molar-refractivity contribution in [2.75, 3.05) is 0 Å². The molecule has 0 spiro atoms. The third-order valence-electron chi connectivity index (χ3n) is 4.61. The highest BCUT2D eigenvalue weighted by Crippen LogP contribution is 2.30. The van der Waals surface area contributed by atoms with Gasteiger partial charge in [-0.3, -0.25) is 10.1 Å². The number of aromatic nitrogens is 1. The fourth-order valence-corrected chi connectivity index (χ4v) is 3.27. The molecule has 0 radical (unpaired) electrons. The standard InChI is InChI=1S/C23H18N2O2/c26-25(27)21-13-11-18(12-14-21)17-24-22(19-7-3-1-4-8-19)15-16-23(24)20-9-5-2-6-10-20/h1-16H,17H2. The Labute approximate surface area is 157 Å². The minimum atomic E-state index is -0.371. The molecule has 0 N–H and O–H groups in total. The fraction of sp³-hybridized carbons (Fsp3) is 0.0435. The van der Waals surface area contributed by atoms with Crippen molar-refractivity contribution in [2.24, 2.45) is 0 Å². The van der Waals surface area contributed by atoms with Gasteiger partial charge in [-0.05, 0) is 28.8 Å². The summed E-state index contributed by atoms with van der Waals surface area (Å²) in [5, 5.41) is 10.9. The third kappa shape index (κ3) is 3.51.